The number of rotatable bonds is 12. The van der Waals surface area contributed by atoms with Crippen LogP contribution in [-0.2, 0) is 15.9 Å². The first-order chi connectivity index (χ1) is 13.9. The highest BCUT2D eigenvalue weighted by molar-refractivity contribution is 5.34. The Morgan fingerprint density at radius 2 is 1.83 bits per heavy atom. The zero-order valence-electron chi connectivity index (χ0n) is 18.8. The first-order valence-corrected chi connectivity index (χ1v) is 11.5. The summed E-state index contributed by atoms with van der Waals surface area (Å²) in [5.41, 5.74) is 12.5. The zero-order valence-corrected chi connectivity index (χ0v) is 18.8. The van der Waals surface area contributed by atoms with Gasteiger partial charge in [-0.3, -0.25) is 11.5 Å². The molecule has 1 aliphatic rings. The van der Waals surface area contributed by atoms with E-state index in [9.17, 15) is 0 Å². The second-order valence-corrected chi connectivity index (χ2v) is 8.50. The summed E-state index contributed by atoms with van der Waals surface area (Å²) in [5.74, 6) is 0.823. The molecule has 1 saturated heterocycles. The SMILES string of the molecule is CCCCCCCCc1ccccc1OC(N)(CCC)C1(N)CCOC(C)CO1. The zero-order chi connectivity index (χ0) is 21.2. The second kappa shape index (κ2) is 11.9. The van der Waals surface area contributed by atoms with E-state index in [2.05, 4.69) is 26.0 Å². The summed E-state index contributed by atoms with van der Waals surface area (Å²) in [5, 5.41) is 0. The van der Waals surface area contributed by atoms with Gasteiger partial charge in [0.25, 0.3) is 0 Å². The molecule has 1 heterocycles. The van der Waals surface area contributed by atoms with Crippen LogP contribution in [0.4, 0.5) is 0 Å². The van der Waals surface area contributed by atoms with Crippen LogP contribution >= 0.6 is 0 Å². The smallest absolute Gasteiger partial charge is 0.201 e. The van der Waals surface area contributed by atoms with Crippen LogP contribution in [0, 0.1) is 0 Å². The lowest BCUT2D eigenvalue weighted by Gasteiger charge is -2.44. The summed E-state index contributed by atoms with van der Waals surface area (Å²) >= 11 is 0. The third kappa shape index (κ3) is 6.95. The van der Waals surface area contributed by atoms with Crippen molar-refractivity contribution in [2.24, 2.45) is 11.5 Å². The van der Waals surface area contributed by atoms with Gasteiger partial charge in [-0.1, -0.05) is 70.6 Å². The average Bonchev–Trinajstić information content (AvgIpc) is 2.88. The molecule has 0 aromatic heterocycles. The maximum Gasteiger partial charge on any atom is 0.201 e. The molecule has 1 fully saturated rings. The van der Waals surface area contributed by atoms with Gasteiger partial charge in [0.2, 0.25) is 5.72 Å². The fraction of sp³-hybridized carbons (Fsp3) is 0.750. The van der Waals surface area contributed by atoms with E-state index in [-0.39, 0.29) is 6.10 Å². The molecule has 1 aromatic carbocycles. The molecule has 166 valence electrons. The number of aryl methyl sites for hydroxylation is 1. The van der Waals surface area contributed by atoms with E-state index in [1.807, 2.05) is 19.1 Å². The number of nitrogens with two attached hydrogens (primary N) is 2. The molecule has 4 N–H and O–H groups in total. The van der Waals surface area contributed by atoms with Gasteiger partial charge in [-0.25, -0.2) is 0 Å². The maximum atomic E-state index is 6.82. The molecule has 1 aromatic rings. The van der Waals surface area contributed by atoms with Gasteiger partial charge >= 0.3 is 0 Å². The van der Waals surface area contributed by atoms with Crippen LogP contribution in [0.5, 0.6) is 5.75 Å². The molecule has 29 heavy (non-hydrogen) atoms. The Labute approximate surface area is 177 Å². The monoisotopic (exact) mass is 406 g/mol. The molecule has 0 radical (unpaired) electrons. The number of benzene rings is 1. The summed E-state index contributed by atoms with van der Waals surface area (Å²) in [4.78, 5) is 0. The lowest BCUT2D eigenvalue weighted by atomic mass is 9.92. The number of unbranched alkanes of at least 4 members (excludes halogenated alkanes) is 5. The predicted molar refractivity (Wildman–Crippen MR) is 119 cm³/mol. The highest BCUT2D eigenvalue weighted by Gasteiger charge is 2.50. The van der Waals surface area contributed by atoms with E-state index in [0.29, 0.717) is 26.1 Å². The molecule has 3 atom stereocenters. The fourth-order valence-corrected chi connectivity index (χ4v) is 3.95. The van der Waals surface area contributed by atoms with Crippen LogP contribution < -0.4 is 16.2 Å². The molecule has 0 aliphatic carbocycles. The average molecular weight is 407 g/mol. The topological polar surface area (TPSA) is 79.7 Å². The molecule has 0 saturated carbocycles. The van der Waals surface area contributed by atoms with Crippen molar-refractivity contribution in [1.29, 1.82) is 0 Å². The van der Waals surface area contributed by atoms with E-state index in [1.54, 1.807) is 0 Å². The molecule has 0 bridgehead atoms. The Balaban J connectivity index is 2.09. The van der Waals surface area contributed by atoms with Crippen LogP contribution in [0.2, 0.25) is 0 Å². The fourth-order valence-electron chi connectivity index (χ4n) is 3.95. The van der Waals surface area contributed by atoms with Crippen molar-refractivity contribution in [2.45, 2.75) is 103 Å². The van der Waals surface area contributed by atoms with Crippen LogP contribution in [-0.4, -0.2) is 30.8 Å². The van der Waals surface area contributed by atoms with Gasteiger partial charge < -0.3 is 14.2 Å². The number of ether oxygens (including phenoxy) is 3. The quantitative estimate of drug-likeness (QED) is 0.381. The number of hydrogen-bond donors (Lipinski definition) is 2. The third-order valence-electron chi connectivity index (χ3n) is 5.85. The molecule has 5 heteroatoms. The molecule has 2 rings (SSSR count). The molecular weight excluding hydrogens is 364 g/mol. The van der Waals surface area contributed by atoms with Crippen LogP contribution in [0.25, 0.3) is 0 Å². The summed E-state index contributed by atoms with van der Waals surface area (Å²) in [6.45, 7) is 7.26. The molecular formula is C24H42N2O3. The van der Waals surface area contributed by atoms with Gasteiger partial charge in [0.15, 0.2) is 5.72 Å². The Bertz CT molecular complexity index is 597. The van der Waals surface area contributed by atoms with Crippen molar-refractivity contribution in [1.82, 2.24) is 0 Å². The van der Waals surface area contributed by atoms with Gasteiger partial charge in [-0.05, 0) is 31.4 Å². The maximum absolute atomic E-state index is 6.82. The highest BCUT2D eigenvalue weighted by atomic mass is 16.6. The van der Waals surface area contributed by atoms with Crippen LogP contribution in [0.1, 0.15) is 84.1 Å². The van der Waals surface area contributed by atoms with E-state index in [4.69, 9.17) is 25.7 Å². The summed E-state index contributed by atoms with van der Waals surface area (Å²) < 4.78 is 18.3. The highest BCUT2D eigenvalue weighted by Crippen LogP contribution is 2.34. The van der Waals surface area contributed by atoms with E-state index in [0.717, 1.165) is 25.0 Å². The molecule has 5 nitrogen and oxygen atoms in total. The minimum atomic E-state index is -1.10. The second-order valence-electron chi connectivity index (χ2n) is 8.50. The van der Waals surface area contributed by atoms with Crippen molar-refractivity contribution < 1.29 is 14.2 Å². The van der Waals surface area contributed by atoms with Gasteiger partial charge in [0, 0.05) is 12.8 Å². The Kier molecular flexibility index (Phi) is 9.90. The van der Waals surface area contributed by atoms with Crippen molar-refractivity contribution in [2.75, 3.05) is 13.2 Å². The Hall–Kier alpha value is -1.14. The summed E-state index contributed by atoms with van der Waals surface area (Å²) in [6.07, 6.45) is 10.6. The van der Waals surface area contributed by atoms with Gasteiger partial charge in [0.1, 0.15) is 5.75 Å². The summed E-state index contributed by atoms with van der Waals surface area (Å²) in [7, 11) is 0. The normalized spacial score (nSPS) is 24.7. The molecule has 0 amide bonds. The van der Waals surface area contributed by atoms with Gasteiger partial charge in [-0.15, -0.1) is 0 Å². The van der Waals surface area contributed by atoms with Crippen molar-refractivity contribution in [3.63, 3.8) is 0 Å². The minimum Gasteiger partial charge on any atom is -0.468 e. The van der Waals surface area contributed by atoms with Crippen LogP contribution in [0.15, 0.2) is 24.3 Å². The lowest BCUT2D eigenvalue weighted by Crippen LogP contribution is -2.70. The third-order valence-corrected chi connectivity index (χ3v) is 5.85. The predicted octanol–water partition coefficient (Wildman–Crippen LogP) is 4.90. The minimum absolute atomic E-state index is 0.00583. The number of hydrogen-bond acceptors (Lipinski definition) is 5. The summed E-state index contributed by atoms with van der Waals surface area (Å²) in [6, 6.07) is 8.20. The van der Waals surface area contributed by atoms with Crippen molar-refractivity contribution in [3.05, 3.63) is 29.8 Å². The van der Waals surface area contributed by atoms with E-state index >= 15 is 0 Å². The number of para-hydroxylation sites is 1. The van der Waals surface area contributed by atoms with E-state index < -0.39 is 11.4 Å². The molecule has 3 unspecified atom stereocenters. The standard InChI is InChI=1S/C24H42N2O3/c1-4-6-7-8-9-10-13-21-14-11-12-15-22(21)29-24(26,16-5-2)23(25)17-18-27-20(3)19-28-23/h11-12,14-15,20H,4-10,13,16-19,25-26H2,1-3H3. The first kappa shape index (κ1) is 24.1. The lowest BCUT2D eigenvalue weighted by molar-refractivity contribution is -0.170. The largest absolute Gasteiger partial charge is 0.468 e. The van der Waals surface area contributed by atoms with Gasteiger partial charge in [-0.2, -0.15) is 0 Å². The van der Waals surface area contributed by atoms with Gasteiger partial charge in [0.05, 0.1) is 19.3 Å². The Morgan fingerprint density at radius 3 is 2.59 bits per heavy atom. The molecule has 0 spiro atoms. The van der Waals surface area contributed by atoms with E-state index in [1.165, 1.54) is 37.7 Å². The Morgan fingerprint density at radius 1 is 1.10 bits per heavy atom. The molecule has 1 aliphatic heterocycles. The van der Waals surface area contributed by atoms with Crippen LogP contribution in [0.3, 0.4) is 0 Å². The first-order valence-electron chi connectivity index (χ1n) is 11.5. The van der Waals surface area contributed by atoms with Crippen molar-refractivity contribution >= 4 is 0 Å². The van der Waals surface area contributed by atoms with Crippen molar-refractivity contribution in [3.8, 4) is 5.75 Å².